The zero-order chi connectivity index (χ0) is 21.0. The molecule has 0 aliphatic rings. The van der Waals surface area contributed by atoms with Gasteiger partial charge in [-0.1, -0.05) is 13.8 Å². The molecule has 3 aromatic rings. The fourth-order valence-electron chi connectivity index (χ4n) is 3.33. The molecule has 8 heteroatoms. The van der Waals surface area contributed by atoms with Crippen molar-refractivity contribution in [2.75, 3.05) is 25.0 Å². The van der Waals surface area contributed by atoms with Gasteiger partial charge >= 0.3 is 0 Å². The lowest BCUT2D eigenvalue weighted by Gasteiger charge is -2.17. The number of hydrogen-bond donors (Lipinski definition) is 1. The van der Waals surface area contributed by atoms with Gasteiger partial charge in [0.2, 0.25) is 0 Å². The summed E-state index contributed by atoms with van der Waals surface area (Å²) in [5.41, 5.74) is 3.15. The number of rotatable bonds is 8. The van der Waals surface area contributed by atoms with E-state index in [-0.39, 0.29) is 11.7 Å². The number of hydrogen-bond acceptors (Lipinski definition) is 4. The van der Waals surface area contributed by atoms with Crippen LogP contribution >= 0.6 is 0 Å². The number of nitrogens with zero attached hydrogens (tertiary/aromatic N) is 5. The third-order valence-electron chi connectivity index (χ3n) is 5.02. The Morgan fingerprint density at radius 3 is 2.52 bits per heavy atom. The predicted molar refractivity (Wildman–Crippen MR) is 111 cm³/mol. The van der Waals surface area contributed by atoms with Crippen molar-refractivity contribution in [2.24, 2.45) is 0 Å². The van der Waals surface area contributed by atoms with Gasteiger partial charge in [0.15, 0.2) is 0 Å². The van der Waals surface area contributed by atoms with Crippen molar-refractivity contribution in [1.29, 1.82) is 0 Å². The largest absolute Gasteiger partial charge is 0.319 e. The number of aromatic nitrogens is 4. The van der Waals surface area contributed by atoms with Gasteiger partial charge in [0.25, 0.3) is 5.91 Å². The molecular formula is C21H27FN6O. The summed E-state index contributed by atoms with van der Waals surface area (Å²) in [6.45, 7) is 11.5. The average molecular weight is 398 g/mol. The monoisotopic (exact) mass is 398 g/mol. The quantitative estimate of drug-likeness (QED) is 0.631. The van der Waals surface area contributed by atoms with E-state index in [9.17, 15) is 9.18 Å². The van der Waals surface area contributed by atoms with Gasteiger partial charge in [-0.25, -0.2) is 9.07 Å². The van der Waals surface area contributed by atoms with E-state index in [0.29, 0.717) is 28.3 Å². The van der Waals surface area contributed by atoms with Gasteiger partial charge in [-0.3, -0.25) is 9.48 Å². The van der Waals surface area contributed by atoms with Gasteiger partial charge in [0.1, 0.15) is 5.82 Å². The minimum Gasteiger partial charge on any atom is -0.319 e. The maximum absolute atomic E-state index is 13.2. The molecule has 2 heterocycles. The van der Waals surface area contributed by atoms with Crippen LogP contribution < -0.4 is 5.32 Å². The van der Waals surface area contributed by atoms with E-state index in [4.69, 9.17) is 0 Å². The summed E-state index contributed by atoms with van der Waals surface area (Å²) >= 11 is 0. The second kappa shape index (κ2) is 9.00. The summed E-state index contributed by atoms with van der Waals surface area (Å²) in [7, 11) is 0. The second-order valence-corrected chi connectivity index (χ2v) is 6.91. The number of carbonyl (C=O) groups excluding carboxylic acids is 1. The molecule has 3 rings (SSSR count). The molecule has 0 bridgehead atoms. The summed E-state index contributed by atoms with van der Waals surface area (Å²) in [5.74, 6) is -0.553. The molecule has 0 saturated heterocycles. The molecule has 2 aromatic heterocycles. The number of benzene rings is 1. The Labute approximate surface area is 170 Å². The first kappa shape index (κ1) is 20.7. The van der Waals surface area contributed by atoms with Crippen LogP contribution in [0, 0.1) is 19.7 Å². The van der Waals surface area contributed by atoms with Crippen LogP contribution in [0.2, 0.25) is 0 Å². The Bertz CT molecular complexity index is 972. The van der Waals surface area contributed by atoms with E-state index in [1.807, 2.05) is 17.8 Å². The number of aryl methyl sites for hydroxylation is 1. The van der Waals surface area contributed by atoms with Crippen molar-refractivity contribution in [2.45, 2.75) is 34.2 Å². The molecule has 0 aliphatic carbocycles. The summed E-state index contributed by atoms with van der Waals surface area (Å²) in [5, 5.41) is 11.7. The molecule has 154 valence electrons. The topological polar surface area (TPSA) is 68.0 Å². The maximum atomic E-state index is 13.2. The fourth-order valence-corrected chi connectivity index (χ4v) is 3.33. The highest BCUT2D eigenvalue weighted by Crippen LogP contribution is 2.20. The average Bonchev–Trinajstić information content (AvgIpc) is 3.26. The molecule has 1 aromatic carbocycles. The van der Waals surface area contributed by atoms with Gasteiger partial charge in [-0.05, 0) is 51.2 Å². The number of anilines is 1. The summed E-state index contributed by atoms with van der Waals surface area (Å²) < 4.78 is 16.7. The van der Waals surface area contributed by atoms with Crippen molar-refractivity contribution in [1.82, 2.24) is 24.5 Å². The molecule has 0 aliphatic heterocycles. The number of halogens is 1. The van der Waals surface area contributed by atoms with Crippen molar-refractivity contribution in [3.8, 4) is 5.69 Å². The highest BCUT2D eigenvalue weighted by molar-refractivity contribution is 6.05. The lowest BCUT2D eigenvalue weighted by atomic mass is 10.2. The van der Waals surface area contributed by atoms with E-state index < -0.39 is 0 Å². The lowest BCUT2D eigenvalue weighted by molar-refractivity contribution is 0.102. The molecule has 0 saturated carbocycles. The highest BCUT2D eigenvalue weighted by Gasteiger charge is 2.20. The number of carbonyl (C=O) groups is 1. The number of nitrogens with one attached hydrogen (secondary N) is 1. The Kier molecular flexibility index (Phi) is 6.43. The van der Waals surface area contributed by atoms with Crippen LogP contribution in [0.3, 0.4) is 0 Å². The zero-order valence-electron chi connectivity index (χ0n) is 17.3. The van der Waals surface area contributed by atoms with Gasteiger partial charge in [-0.2, -0.15) is 10.2 Å². The first-order chi connectivity index (χ1) is 13.9. The second-order valence-electron chi connectivity index (χ2n) is 6.91. The molecule has 1 N–H and O–H groups in total. The Hall–Kier alpha value is -3.00. The number of likely N-dealkylation sites (N-methyl/N-ethyl adjacent to an activating group) is 1. The van der Waals surface area contributed by atoms with E-state index in [2.05, 4.69) is 34.3 Å². The molecule has 7 nitrogen and oxygen atoms in total. The Morgan fingerprint density at radius 1 is 1.17 bits per heavy atom. The minimum atomic E-state index is -0.314. The lowest BCUT2D eigenvalue weighted by Crippen LogP contribution is -2.27. The third kappa shape index (κ3) is 4.71. The summed E-state index contributed by atoms with van der Waals surface area (Å²) in [6, 6.07) is 6.02. The molecule has 29 heavy (non-hydrogen) atoms. The Morgan fingerprint density at radius 2 is 1.86 bits per heavy atom. The molecule has 0 atom stereocenters. The van der Waals surface area contributed by atoms with Crippen LogP contribution in [0.25, 0.3) is 5.69 Å². The minimum absolute atomic E-state index is 0.239. The molecule has 0 spiro atoms. The summed E-state index contributed by atoms with van der Waals surface area (Å²) in [6.07, 6.45) is 3.48. The first-order valence-corrected chi connectivity index (χ1v) is 9.81. The van der Waals surface area contributed by atoms with E-state index in [1.54, 1.807) is 29.9 Å². The van der Waals surface area contributed by atoms with Crippen LogP contribution in [0.15, 0.2) is 36.7 Å². The van der Waals surface area contributed by atoms with Gasteiger partial charge < -0.3 is 10.2 Å². The van der Waals surface area contributed by atoms with Crippen molar-refractivity contribution in [3.05, 3.63) is 59.4 Å². The first-order valence-electron chi connectivity index (χ1n) is 9.81. The third-order valence-corrected chi connectivity index (χ3v) is 5.02. The normalized spacial score (nSPS) is 11.2. The van der Waals surface area contributed by atoms with E-state index in [1.165, 1.54) is 12.1 Å². The van der Waals surface area contributed by atoms with E-state index in [0.717, 1.165) is 26.2 Å². The zero-order valence-corrected chi connectivity index (χ0v) is 17.3. The van der Waals surface area contributed by atoms with Crippen LogP contribution in [-0.2, 0) is 6.54 Å². The summed E-state index contributed by atoms with van der Waals surface area (Å²) in [4.78, 5) is 15.2. The predicted octanol–water partition coefficient (Wildman–Crippen LogP) is 3.42. The van der Waals surface area contributed by atoms with Gasteiger partial charge in [0, 0.05) is 12.7 Å². The van der Waals surface area contributed by atoms with Crippen LogP contribution in [-0.4, -0.2) is 50.0 Å². The maximum Gasteiger partial charge on any atom is 0.259 e. The van der Waals surface area contributed by atoms with E-state index >= 15 is 0 Å². The van der Waals surface area contributed by atoms with Crippen LogP contribution in [0.5, 0.6) is 0 Å². The highest BCUT2D eigenvalue weighted by atomic mass is 19.1. The molecular weight excluding hydrogens is 371 g/mol. The Balaban J connectivity index is 1.72. The molecule has 0 fully saturated rings. The van der Waals surface area contributed by atoms with Crippen molar-refractivity contribution in [3.63, 3.8) is 0 Å². The standard InChI is InChI=1S/C21H27FN6O/c1-5-26(6-2)11-12-27-14-18(13-23-27)24-21(29)20-15(3)25-28(16(20)4)19-9-7-17(22)8-10-19/h7-10,13-14H,5-6,11-12H2,1-4H3,(H,24,29). The molecule has 1 amide bonds. The molecule has 0 unspecified atom stereocenters. The van der Waals surface area contributed by atoms with Crippen LogP contribution in [0.4, 0.5) is 10.1 Å². The van der Waals surface area contributed by atoms with Gasteiger partial charge in [-0.15, -0.1) is 0 Å². The molecule has 0 radical (unpaired) electrons. The van der Waals surface area contributed by atoms with Crippen molar-refractivity contribution < 1.29 is 9.18 Å². The van der Waals surface area contributed by atoms with Crippen molar-refractivity contribution >= 4 is 11.6 Å². The number of amides is 1. The smallest absolute Gasteiger partial charge is 0.259 e. The van der Waals surface area contributed by atoms with Crippen LogP contribution in [0.1, 0.15) is 35.6 Å². The fraction of sp³-hybridized carbons (Fsp3) is 0.381. The van der Waals surface area contributed by atoms with Gasteiger partial charge in [0.05, 0.1) is 41.1 Å². The SMILES string of the molecule is CCN(CC)CCn1cc(NC(=O)c2c(C)nn(-c3ccc(F)cc3)c2C)cn1.